The van der Waals surface area contributed by atoms with E-state index in [1.54, 1.807) is 36.4 Å². The van der Waals surface area contributed by atoms with E-state index in [9.17, 15) is 5.11 Å². The molecule has 0 amide bonds. The Labute approximate surface area is 110 Å². The van der Waals surface area contributed by atoms with Crippen LogP contribution >= 0.6 is 11.6 Å². The zero-order chi connectivity index (χ0) is 13.0. The van der Waals surface area contributed by atoms with Gasteiger partial charge in [0, 0.05) is 11.1 Å². The molecule has 0 unspecified atom stereocenters. The quantitative estimate of drug-likeness (QED) is 0.918. The van der Waals surface area contributed by atoms with Crippen LogP contribution in [0.2, 0.25) is 5.02 Å². The fourth-order valence-electron chi connectivity index (χ4n) is 1.52. The summed E-state index contributed by atoms with van der Waals surface area (Å²) >= 11 is 5.85. The lowest BCUT2D eigenvalue weighted by molar-refractivity contribution is 0.304. The normalized spacial score (nSPS) is 9.78. The van der Waals surface area contributed by atoms with Gasteiger partial charge in [0.25, 0.3) is 0 Å². The number of phenolic OH excluding ortho intramolecular Hbond substituents is 1. The van der Waals surface area contributed by atoms with E-state index in [2.05, 4.69) is 0 Å². The van der Waals surface area contributed by atoms with Crippen molar-refractivity contribution in [1.29, 1.82) is 5.26 Å². The molecule has 2 aromatic carbocycles. The number of aromatic hydroxyl groups is 1. The highest BCUT2D eigenvalue weighted by Gasteiger charge is 2.04. The second-order valence-corrected chi connectivity index (χ2v) is 4.15. The smallest absolute Gasteiger partial charge is 0.139 e. The maximum absolute atomic E-state index is 9.33. The molecule has 1 N–H and O–H groups in total. The van der Waals surface area contributed by atoms with Gasteiger partial charge in [0.15, 0.2) is 0 Å². The van der Waals surface area contributed by atoms with Gasteiger partial charge in [-0.05, 0) is 29.8 Å². The van der Waals surface area contributed by atoms with Gasteiger partial charge in [-0.25, -0.2) is 0 Å². The summed E-state index contributed by atoms with van der Waals surface area (Å²) in [6, 6.07) is 13.6. The summed E-state index contributed by atoms with van der Waals surface area (Å²) in [5.74, 6) is 0.621. The van der Waals surface area contributed by atoms with Crippen molar-refractivity contribution in [3.63, 3.8) is 0 Å². The number of nitriles is 1. The third kappa shape index (κ3) is 2.93. The molecule has 0 saturated carbocycles. The predicted octanol–water partition coefficient (Wildman–Crippen LogP) is 3.50. The second kappa shape index (κ2) is 5.44. The van der Waals surface area contributed by atoms with Crippen molar-refractivity contribution in [3.8, 4) is 17.6 Å². The highest BCUT2D eigenvalue weighted by atomic mass is 35.5. The zero-order valence-electron chi connectivity index (χ0n) is 9.43. The van der Waals surface area contributed by atoms with Crippen LogP contribution in [0.3, 0.4) is 0 Å². The lowest BCUT2D eigenvalue weighted by Crippen LogP contribution is -1.97. The molecular formula is C14H10ClNO2. The first-order valence-electron chi connectivity index (χ1n) is 5.29. The van der Waals surface area contributed by atoms with Crippen LogP contribution in [0.15, 0.2) is 42.5 Å². The lowest BCUT2D eigenvalue weighted by Gasteiger charge is -2.08. The van der Waals surface area contributed by atoms with Crippen molar-refractivity contribution in [2.45, 2.75) is 6.61 Å². The molecule has 2 aromatic rings. The molecule has 0 saturated heterocycles. The second-order valence-electron chi connectivity index (χ2n) is 3.71. The van der Waals surface area contributed by atoms with Gasteiger partial charge in [-0.15, -0.1) is 0 Å². The van der Waals surface area contributed by atoms with Crippen molar-refractivity contribution in [1.82, 2.24) is 0 Å². The van der Waals surface area contributed by atoms with Crippen LogP contribution < -0.4 is 4.74 Å². The van der Waals surface area contributed by atoms with Gasteiger partial charge < -0.3 is 9.84 Å². The third-order valence-corrected chi connectivity index (χ3v) is 2.60. The van der Waals surface area contributed by atoms with Crippen LogP contribution in [0.1, 0.15) is 11.1 Å². The number of hydrogen-bond acceptors (Lipinski definition) is 3. The van der Waals surface area contributed by atoms with Gasteiger partial charge in [0.2, 0.25) is 0 Å². The average Bonchev–Trinajstić information content (AvgIpc) is 2.37. The molecule has 0 atom stereocenters. The first-order chi connectivity index (χ1) is 8.69. The number of halogens is 1. The van der Waals surface area contributed by atoms with Crippen LogP contribution in [-0.2, 0) is 6.61 Å². The highest BCUT2D eigenvalue weighted by molar-refractivity contribution is 6.30. The maximum atomic E-state index is 9.33. The molecule has 18 heavy (non-hydrogen) atoms. The SMILES string of the molecule is N#Cc1ccc(Cl)cc1OCc1cccc(O)c1. The van der Waals surface area contributed by atoms with Gasteiger partial charge in [0.1, 0.15) is 24.2 Å². The van der Waals surface area contributed by atoms with Crippen LogP contribution in [0.5, 0.6) is 11.5 Å². The number of hydrogen-bond donors (Lipinski definition) is 1. The standard InChI is InChI=1S/C14H10ClNO2/c15-12-5-4-11(8-16)14(7-12)18-9-10-2-1-3-13(17)6-10/h1-7,17H,9H2. The van der Waals surface area contributed by atoms with Crippen molar-refractivity contribution in [3.05, 3.63) is 58.6 Å². The Kier molecular flexibility index (Phi) is 3.71. The van der Waals surface area contributed by atoms with E-state index in [4.69, 9.17) is 21.6 Å². The molecule has 0 bridgehead atoms. The zero-order valence-corrected chi connectivity index (χ0v) is 10.2. The molecule has 0 fully saturated rings. The first-order valence-corrected chi connectivity index (χ1v) is 5.67. The molecule has 0 aliphatic carbocycles. The number of phenols is 1. The molecule has 0 heterocycles. The van der Waals surface area contributed by atoms with E-state index >= 15 is 0 Å². The minimum absolute atomic E-state index is 0.183. The van der Waals surface area contributed by atoms with Crippen molar-refractivity contribution >= 4 is 11.6 Å². The van der Waals surface area contributed by atoms with E-state index in [-0.39, 0.29) is 12.4 Å². The molecular weight excluding hydrogens is 250 g/mol. The van der Waals surface area contributed by atoms with Crippen LogP contribution in [0, 0.1) is 11.3 Å². The summed E-state index contributed by atoms with van der Waals surface area (Å²) in [7, 11) is 0. The Morgan fingerprint density at radius 3 is 2.78 bits per heavy atom. The van der Waals surface area contributed by atoms with E-state index in [1.165, 1.54) is 0 Å². The topological polar surface area (TPSA) is 53.2 Å². The number of rotatable bonds is 3. The lowest BCUT2D eigenvalue weighted by atomic mass is 10.2. The molecule has 0 aliphatic rings. The van der Waals surface area contributed by atoms with Gasteiger partial charge in [-0.2, -0.15) is 5.26 Å². The van der Waals surface area contributed by atoms with E-state index in [0.717, 1.165) is 5.56 Å². The molecule has 0 spiro atoms. The van der Waals surface area contributed by atoms with Crippen LogP contribution in [0.4, 0.5) is 0 Å². The molecule has 0 radical (unpaired) electrons. The molecule has 4 heteroatoms. The average molecular weight is 260 g/mol. The Hall–Kier alpha value is -2.18. The molecule has 90 valence electrons. The summed E-state index contributed by atoms with van der Waals surface area (Å²) < 4.78 is 5.53. The number of ether oxygens (including phenoxy) is 1. The Balaban J connectivity index is 2.15. The van der Waals surface area contributed by atoms with Crippen molar-refractivity contribution in [2.24, 2.45) is 0 Å². The summed E-state index contributed by atoms with van der Waals surface area (Å²) in [5.41, 5.74) is 1.25. The molecule has 0 aromatic heterocycles. The predicted molar refractivity (Wildman–Crippen MR) is 68.6 cm³/mol. The fourth-order valence-corrected chi connectivity index (χ4v) is 1.68. The largest absolute Gasteiger partial charge is 0.508 e. The Morgan fingerprint density at radius 1 is 1.22 bits per heavy atom. The van der Waals surface area contributed by atoms with E-state index < -0.39 is 0 Å². The van der Waals surface area contributed by atoms with Crippen molar-refractivity contribution < 1.29 is 9.84 Å². The van der Waals surface area contributed by atoms with Gasteiger partial charge in [-0.3, -0.25) is 0 Å². The van der Waals surface area contributed by atoms with E-state index in [1.807, 2.05) is 12.1 Å². The molecule has 3 nitrogen and oxygen atoms in total. The number of nitrogens with zero attached hydrogens (tertiary/aromatic N) is 1. The van der Waals surface area contributed by atoms with Gasteiger partial charge >= 0.3 is 0 Å². The minimum atomic E-state index is 0.183. The summed E-state index contributed by atoms with van der Waals surface area (Å²) in [6.07, 6.45) is 0. The third-order valence-electron chi connectivity index (χ3n) is 2.37. The highest BCUT2D eigenvalue weighted by Crippen LogP contribution is 2.24. The Morgan fingerprint density at radius 2 is 2.06 bits per heavy atom. The molecule has 0 aliphatic heterocycles. The summed E-state index contributed by atoms with van der Waals surface area (Å²) in [5, 5.41) is 18.8. The fraction of sp³-hybridized carbons (Fsp3) is 0.0714. The van der Waals surface area contributed by atoms with Crippen LogP contribution in [0.25, 0.3) is 0 Å². The van der Waals surface area contributed by atoms with Gasteiger partial charge in [0.05, 0.1) is 5.56 Å². The van der Waals surface area contributed by atoms with E-state index in [0.29, 0.717) is 16.3 Å². The first kappa shape index (κ1) is 12.3. The molecule has 2 rings (SSSR count). The number of benzene rings is 2. The maximum Gasteiger partial charge on any atom is 0.139 e. The Bertz CT molecular complexity index is 605. The summed E-state index contributed by atoms with van der Waals surface area (Å²) in [6.45, 7) is 0.267. The van der Waals surface area contributed by atoms with Gasteiger partial charge in [-0.1, -0.05) is 23.7 Å². The summed E-state index contributed by atoms with van der Waals surface area (Å²) in [4.78, 5) is 0. The monoisotopic (exact) mass is 259 g/mol. The minimum Gasteiger partial charge on any atom is -0.508 e. The van der Waals surface area contributed by atoms with Crippen LogP contribution in [-0.4, -0.2) is 5.11 Å². The van der Waals surface area contributed by atoms with Crippen molar-refractivity contribution in [2.75, 3.05) is 0 Å².